The SMILES string of the molecule is CN1CCS(O)(O)C(C2=C3C=NC=C[N+]3(N)C(c3ccc(C(=O)Nc4cc(C(F)(F)F)ccn4)cc3)=N2)C1. The number of nitrogens with one attached hydrogen (secondary N) is 1. The highest BCUT2D eigenvalue weighted by atomic mass is 32.3. The van der Waals surface area contributed by atoms with Crippen molar-refractivity contribution in [2.75, 3.05) is 31.2 Å². The molecule has 1 fully saturated rings. The highest BCUT2D eigenvalue weighted by molar-refractivity contribution is 8.25. The van der Waals surface area contributed by atoms with E-state index in [-0.39, 0.29) is 21.7 Å². The summed E-state index contributed by atoms with van der Waals surface area (Å²) in [5.74, 6) is 6.48. The third kappa shape index (κ3) is 4.77. The summed E-state index contributed by atoms with van der Waals surface area (Å²) in [6.07, 6.45) is 1.11. The molecule has 0 saturated carbocycles. The summed E-state index contributed by atoms with van der Waals surface area (Å²) in [6, 6.07) is 7.80. The number of halogens is 3. The van der Waals surface area contributed by atoms with Crippen LogP contribution in [0.3, 0.4) is 0 Å². The van der Waals surface area contributed by atoms with Gasteiger partial charge in [0.05, 0.1) is 29.3 Å². The van der Waals surface area contributed by atoms with Gasteiger partial charge in [0.1, 0.15) is 23.0 Å². The average molecular weight is 549 g/mol. The number of nitrogens with two attached hydrogens (primary N) is 1. The molecule has 10 nitrogen and oxygen atoms in total. The van der Waals surface area contributed by atoms with E-state index in [9.17, 15) is 27.1 Å². The second-order valence-corrected chi connectivity index (χ2v) is 11.6. The molecule has 0 aliphatic carbocycles. The van der Waals surface area contributed by atoms with Crippen molar-refractivity contribution in [1.82, 2.24) is 9.88 Å². The summed E-state index contributed by atoms with van der Waals surface area (Å²) in [4.78, 5) is 27.4. The number of alkyl halides is 3. The number of quaternary nitrogens is 1. The molecule has 1 aromatic heterocycles. The smallest absolute Gasteiger partial charge is 0.307 e. The predicted molar refractivity (Wildman–Crippen MR) is 138 cm³/mol. The number of benzene rings is 1. The summed E-state index contributed by atoms with van der Waals surface area (Å²) < 4.78 is 60.2. The molecule has 5 N–H and O–H groups in total. The zero-order valence-corrected chi connectivity index (χ0v) is 20.9. The van der Waals surface area contributed by atoms with Gasteiger partial charge in [-0.3, -0.25) is 18.9 Å². The lowest BCUT2D eigenvalue weighted by Gasteiger charge is -2.46. The second kappa shape index (κ2) is 9.41. The number of hydrogen-bond donors (Lipinski definition) is 4. The van der Waals surface area contributed by atoms with Crippen LogP contribution >= 0.6 is 10.6 Å². The Labute approximate surface area is 217 Å². The van der Waals surface area contributed by atoms with Crippen LogP contribution in [0, 0.1) is 0 Å². The van der Waals surface area contributed by atoms with Crippen molar-refractivity contribution in [3.05, 3.63) is 83.1 Å². The second-order valence-electron chi connectivity index (χ2n) is 9.19. The summed E-state index contributed by atoms with van der Waals surface area (Å²) in [6.45, 7) is 0.937. The van der Waals surface area contributed by atoms with Gasteiger partial charge in [0.25, 0.3) is 11.7 Å². The average Bonchev–Trinajstić information content (AvgIpc) is 3.18. The van der Waals surface area contributed by atoms with Crippen LogP contribution in [-0.2, 0) is 6.18 Å². The fourth-order valence-corrected chi connectivity index (χ4v) is 6.36. The van der Waals surface area contributed by atoms with E-state index in [4.69, 9.17) is 10.8 Å². The van der Waals surface area contributed by atoms with Gasteiger partial charge < -0.3 is 10.2 Å². The number of allylic oxidation sites excluding steroid dienone is 1. The number of carbonyl (C=O) groups is 1. The van der Waals surface area contributed by atoms with Gasteiger partial charge >= 0.3 is 6.18 Å². The van der Waals surface area contributed by atoms with Crippen LogP contribution in [0.15, 0.2) is 76.4 Å². The number of amidine groups is 1. The van der Waals surface area contributed by atoms with E-state index in [1.165, 1.54) is 18.3 Å². The first-order valence-electron chi connectivity index (χ1n) is 11.5. The molecular weight excluding hydrogens is 523 g/mol. The largest absolute Gasteiger partial charge is 0.416 e. The summed E-state index contributed by atoms with van der Waals surface area (Å²) in [5.41, 5.74) is 0.781. The number of pyridine rings is 1. The Morgan fingerprint density at radius 2 is 1.97 bits per heavy atom. The number of carbonyl (C=O) groups excluding carboxylic acids is 1. The van der Waals surface area contributed by atoms with E-state index in [0.29, 0.717) is 35.9 Å². The van der Waals surface area contributed by atoms with Gasteiger partial charge in [-0.05, 0) is 43.4 Å². The Kier molecular flexibility index (Phi) is 6.49. The van der Waals surface area contributed by atoms with Crippen LogP contribution in [0.25, 0.3) is 0 Å². The third-order valence-electron chi connectivity index (χ3n) is 6.57. The highest BCUT2D eigenvalue weighted by Gasteiger charge is 2.49. The van der Waals surface area contributed by atoms with Gasteiger partial charge in [-0.1, -0.05) is 0 Å². The lowest BCUT2D eigenvalue weighted by atomic mass is 10.1. The molecule has 2 unspecified atom stereocenters. The van der Waals surface area contributed by atoms with Gasteiger partial charge in [-0.15, -0.1) is 4.59 Å². The molecule has 1 amide bonds. The number of nitrogens with zero attached hydrogens (tertiary/aromatic N) is 5. The zero-order chi connectivity index (χ0) is 27.3. The summed E-state index contributed by atoms with van der Waals surface area (Å²) in [5, 5.41) is 1.72. The van der Waals surface area contributed by atoms with E-state index >= 15 is 0 Å². The number of anilines is 1. The maximum absolute atomic E-state index is 13.0. The van der Waals surface area contributed by atoms with Gasteiger partial charge in [0, 0.05) is 24.8 Å². The molecular formula is C24H25F3N7O3S+. The minimum atomic E-state index is -4.56. The lowest BCUT2D eigenvalue weighted by Crippen LogP contribution is -2.53. The van der Waals surface area contributed by atoms with Crippen LogP contribution in [-0.4, -0.2) is 72.7 Å². The number of amides is 1. The first-order chi connectivity index (χ1) is 17.9. The summed E-state index contributed by atoms with van der Waals surface area (Å²) in [7, 11) is -1.08. The van der Waals surface area contributed by atoms with Crippen molar-refractivity contribution in [2.45, 2.75) is 11.4 Å². The molecule has 2 aromatic rings. The van der Waals surface area contributed by atoms with Crippen LogP contribution in [0.4, 0.5) is 19.0 Å². The molecule has 14 heteroatoms. The maximum Gasteiger partial charge on any atom is 0.416 e. The zero-order valence-electron chi connectivity index (χ0n) is 20.1. The van der Waals surface area contributed by atoms with Crippen molar-refractivity contribution in [2.24, 2.45) is 15.8 Å². The first kappa shape index (κ1) is 26.2. The van der Waals surface area contributed by atoms with Crippen molar-refractivity contribution < 1.29 is 31.7 Å². The quantitative estimate of drug-likeness (QED) is 0.340. The van der Waals surface area contributed by atoms with Crippen LogP contribution in [0.1, 0.15) is 21.5 Å². The first-order valence-corrected chi connectivity index (χ1v) is 13.3. The normalized spacial score (nSPS) is 25.7. The molecule has 4 heterocycles. The molecule has 3 aliphatic heterocycles. The fourth-order valence-electron chi connectivity index (χ4n) is 4.47. The molecule has 5 rings (SSSR count). The number of fused-ring (bicyclic) bond motifs is 1. The topological polar surface area (TPSA) is 136 Å². The molecule has 2 atom stereocenters. The Hall–Kier alpha value is -3.40. The van der Waals surface area contributed by atoms with Gasteiger partial charge in [0.15, 0.2) is 0 Å². The number of hydrogen-bond acceptors (Lipinski definition) is 8. The Morgan fingerprint density at radius 1 is 1.24 bits per heavy atom. The fraction of sp³-hybridized carbons (Fsp3) is 0.250. The monoisotopic (exact) mass is 548 g/mol. The van der Waals surface area contributed by atoms with Crippen molar-refractivity contribution in [3.8, 4) is 0 Å². The molecule has 0 spiro atoms. The van der Waals surface area contributed by atoms with Gasteiger partial charge in [0.2, 0.25) is 5.70 Å². The minimum absolute atomic E-state index is 0.183. The van der Waals surface area contributed by atoms with Crippen molar-refractivity contribution >= 4 is 34.4 Å². The molecule has 1 aromatic carbocycles. The molecule has 200 valence electrons. The number of aromatic nitrogens is 1. The lowest BCUT2D eigenvalue weighted by molar-refractivity contribution is -0.750. The van der Waals surface area contributed by atoms with Crippen LogP contribution < -0.4 is 11.2 Å². The highest BCUT2D eigenvalue weighted by Crippen LogP contribution is 2.52. The van der Waals surface area contributed by atoms with Gasteiger partial charge in [-0.2, -0.15) is 34.6 Å². The van der Waals surface area contributed by atoms with E-state index < -0.39 is 33.5 Å². The number of rotatable bonds is 4. The molecule has 38 heavy (non-hydrogen) atoms. The Bertz CT molecular complexity index is 1410. The third-order valence-corrected chi connectivity index (χ3v) is 8.64. The summed E-state index contributed by atoms with van der Waals surface area (Å²) >= 11 is 0. The molecule has 3 aliphatic rings. The Balaban J connectivity index is 1.42. The maximum atomic E-state index is 13.0. The van der Waals surface area contributed by atoms with Crippen molar-refractivity contribution in [1.29, 1.82) is 0 Å². The van der Waals surface area contributed by atoms with E-state index in [0.717, 1.165) is 18.3 Å². The van der Waals surface area contributed by atoms with Gasteiger partial charge in [-0.25, -0.2) is 4.98 Å². The standard InChI is InChI=1S/C24H24F3N7O3S/c1-33-9-11-38(36,37)19(14-33)21-18-13-29-8-10-34(18,28)22(32-21)15-2-4-16(5-3-15)23(35)31-20-12-17(6-7-30-20)24(25,26)27/h2-8,10,12-13,19H,9,11,14,28H2,1H3,(H2-,30,31,35,36,37)/p+1. The van der Waals surface area contributed by atoms with Crippen molar-refractivity contribution in [3.63, 3.8) is 0 Å². The van der Waals surface area contributed by atoms with E-state index in [1.54, 1.807) is 24.5 Å². The predicted octanol–water partition coefficient (Wildman–Crippen LogP) is 3.64. The molecule has 0 bridgehead atoms. The van der Waals surface area contributed by atoms with E-state index in [1.807, 2.05) is 11.9 Å². The van der Waals surface area contributed by atoms with Crippen LogP contribution in [0.2, 0.25) is 0 Å². The Morgan fingerprint density at radius 3 is 2.68 bits per heavy atom. The van der Waals surface area contributed by atoms with Crippen LogP contribution in [0.5, 0.6) is 0 Å². The molecule has 0 radical (unpaired) electrons. The molecule has 1 saturated heterocycles. The van der Waals surface area contributed by atoms with E-state index in [2.05, 4.69) is 15.3 Å². The minimum Gasteiger partial charge on any atom is -0.307 e. The number of aliphatic imine (C=N–C) groups is 2.